The fourth-order valence-corrected chi connectivity index (χ4v) is 1.40. The summed E-state index contributed by atoms with van der Waals surface area (Å²) >= 11 is 0. The molecule has 0 bridgehead atoms. The van der Waals surface area contributed by atoms with Gasteiger partial charge in [-0.05, 0) is 42.7 Å². The molecule has 0 unspecified atom stereocenters. The first kappa shape index (κ1) is 7.83. The second-order valence-corrected chi connectivity index (χ2v) is 3.32. The fraction of sp³-hybridized carbons (Fsp3) is 0.273. The molecule has 0 N–H and O–H groups in total. The van der Waals surface area contributed by atoms with Gasteiger partial charge in [0.05, 0.1) is 23.1 Å². The Kier molecular flexibility index (Phi) is 1.57. The average molecular weight is 167 g/mol. The van der Waals surface area contributed by atoms with Crippen LogP contribution in [0.5, 0.6) is 0 Å². The summed E-state index contributed by atoms with van der Waals surface area (Å²) in [5, 5.41) is 17.6. The maximum Gasteiger partial charge on any atom is 0.0991 e. The molecule has 0 saturated heterocycles. The highest BCUT2D eigenvalue weighted by Gasteiger charge is 2.44. The molecule has 2 heteroatoms. The molecule has 0 aromatic heterocycles. The Morgan fingerprint density at radius 1 is 1.31 bits per heavy atom. The van der Waals surface area contributed by atoms with Gasteiger partial charge in [0.2, 0.25) is 0 Å². The average Bonchev–Trinajstić information content (AvgIpc) is 2.99. The third-order valence-electron chi connectivity index (χ3n) is 2.43. The maximum absolute atomic E-state index is 8.93. The summed E-state index contributed by atoms with van der Waals surface area (Å²) in [6.07, 6.45) is 1.82. The van der Waals surface area contributed by atoms with Crippen molar-refractivity contribution in [3.63, 3.8) is 0 Å². The van der Waals surface area contributed by atoms with Gasteiger partial charge < -0.3 is 0 Å². The van der Waals surface area contributed by atoms with Gasteiger partial charge in [-0.25, -0.2) is 0 Å². The van der Waals surface area contributed by atoms with Crippen LogP contribution in [0.15, 0.2) is 18.2 Å². The Balaban J connectivity index is 2.44. The van der Waals surface area contributed by atoms with Crippen LogP contribution in [0.4, 0.5) is 0 Å². The molecule has 1 aliphatic carbocycles. The Morgan fingerprint density at radius 2 is 2.08 bits per heavy atom. The first-order valence-corrected chi connectivity index (χ1v) is 4.14. The summed E-state index contributed by atoms with van der Waals surface area (Å²) in [6.45, 7) is 0. The van der Waals surface area contributed by atoms with Gasteiger partial charge in [0.25, 0.3) is 0 Å². The third-order valence-corrected chi connectivity index (χ3v) is 2.43. The molecule has 1 fully saturated rings. The zero-order chi connectivity index (χ0) is 9.31. The summed E-state index contributed by atoms with van der Waals surface area (Å²) < 4.78 is 0. The SMILES string of the molecule is N#Cc1c[c]cc(C2(C#N)CC2)c1. The molecule has 0 heterocycles. The largest absolute Gasteiger partial charge is 0.197 e. The van der Waals surface area contributed by atoms with Crippen LogP contribution in [-0.2, 0) is 5.41 Å². The third kappa shape index (κ3) is 1.17. The van der Waals surface area contributed by atoms with Crippen molar-refractivity contribution in [1.82, 2.24) is 0 Å². The summed E-state index contributed by atoms with van der Waals surface area (Å²) in [4.78, 5) is 0. The Morgan fingerprint density at radius 3 is 2.62 bits per heavy atom. The van der Waals surface area contributed by atoms with Gasteiger partial charge >= 0.3 is 0 Å². The van der Waals surface area contributed by atoms with Gasteiger partial charge in [0.15, 0.2) is 0 Å². The zero-order valence-corrected chi connectivity index (χ0v) is 7.04. The summed E-state index contributed by atoms with van der Waals surface area (Å²) in [5.41, 5.74) is 1.22. The minimum absolute atomic E-state index is 0.302. The van der Waals surface area contributed by atoms with E-state index in [1.165, 1.54) is 0 Å². The minimum Gasteiger partial charge on any atom is -0.197 e. The standard InChI is InChI=1S/C11H7N2/c12-7-9-2-1-3-10(6-9)11(8-13)4-5-11/h2-3,6H,4-5H2. The van der Waals surface area contributed by atoms with E-state index in [1.807, 2.05) is 0 Å². The van der Waals surface area contributed by atoms with Gasteiger partial charge in [-0.15, -0.1) is 0 Å². The summed E-state index contributed by atoms with van der Waals surface area (Å²) in [5.74, 6) is 0. The van der Waals surface area contributed by atoms with Gasteiger partial charge in [0.1, 0.15) is 0 Å². The van der Waals surface area contributed by atoms with Crippen LogP contribution >= 0.6 is 0 Å². The van der Waals surface area contributed by atoms with Crippen LogP contribution in [0.1, 0.15) is 24.0 Å². The molecule has 13 heavy (non-hydrogen) atoms. The predicted molar refractivity (Wildman–Crippen MR) is 46.5 cm³/mol. The number of hydrogen-bond acceptors (Lipinski definition) is 2. The van der Waals surface area contributed by atoms with Crippen molar-refractivity contribution in [2.24, 2.45) is 0 Å². The van der Waals surface area contributed by atoms with Crippen LogP contribution in [0.25, 0.3) is 0 Å². The van der Waals surface area contributed by atoms with Crippen LogP contribution in [0.2, 0.25) is 0 Å². The highest BCUT2D eigenvalue weighted by Crippen LogP contribution is 2.47. The van der Waals surface area contributed by atoms with Gasteiger partial charge in [-0.2, -0.15) is 10.5 Å². The van der Waals surface area contributed by atoms with Crippen molar-refractivity contribution < 1.29 is 0 Å². The topological polar surface area (TPSA) is 47.6 Å². The molecular weight excluding hydrogens is 160 g/mol. The lowest BCUT2D eigenvalue weighted by molar-refractivity contribution is 0.907. The minimum atomic E-state index is -0.302. The Bertz CT molecular complexity index is 416. The number of nitrogens with zero attached hydrogens (tertiary/aromatic N) is 2. The van der Waals surface area contributed by atoms with E-state index in [0.29, 0.717) is 5.56 Å². The molecule has 1 saturated carbocycles. The highest BCUT2D eigenvalue weighted by molar-refractivity contribution is 5.43. The molecular formula is C11H7N2. The lowest BCUT2D eigenvalue weighted by Crippen LogP contribution is -2.02. The van der Waals surface area contributed by atoms with E-state index >= 15 is 0 Å². The molecule has 1 aliphatic rings. The monoisotopic (exact) mass is 167 g/mol. The van der Waals surface area contributed by atoms with E-state index in [2.05, 4.69) is 18.2 Å². The number of hydrogen-bond donors (Lipinski definition) is 0. The van der Waals surface area contributed by atoms with Gasteiger partial charge in [-0.3, -0.25) is 0 Å². The molecule has 0 spiro atoms. The molecule has 1 aromatic rings. The first-order chi connectivity index (χ1) is 6.30. The van der Waals surface area contributed by atoms with Crippen LogP contribution in [0, 0.1) is 28.7 Å². The van der Waals surface area contributed by atoms with Crippen LogP contribution < -0.4 is 0 Å². The quantitative estimate of drug-likeness (QED) is 0.641. The predicted octanol–water partition coefficient (Wildman–Crippen LogP) is 1.91. The maximum atomic E-state index is 8.93. The molecule has 1 radical (unpaired) electrons. The summed E-state index contributed by atoms with van der Waals surface area (Å²) in [7, 11) is 0. The molecule has 61 valence electrons. The molecule has 2 nitrogen and oxygen atoms in total. The molecule has 2 rings (SSSR count). The van der Waals surface area contributed by atoms with E-state index in [0.717, 1.165) is 18.4 Å². The van der Waals surface area contributed by atoms with Crippen molar-refractivity contribution in [2.75, 3.05) is 0 Å². The Hall–Kier alpha value is -1.80. The Labute approximate surface area is 77.0 Å². The molecule has 0 amide bonds. The molecule has 0 atom stereocenters. The molecule has 1 aromatic carbocycles. The lowest BCUT2D eigenvalue weighted by atomic mass is 9.96. The van der Waals surface area contributed by atoms with Gasteiger partial charge in [-0.1, -0.05) is 0 Å². The molecule has 0 aliphatic heterocycles. The van der Waals surface area contributed by atoms with Crippen LogP contribution in [0.3, 0.4) is 0 Å². The highest BCUT2D eigenvalue weighted by atomic mass is 14.5. The van der Waals surface area contributed by atoms with Crippen molar-refractivity contribution >= 4 is 0 Å². The van der Waals surface area contributed by atoms with Crippen molar-refractivity contribution in [3.8, 4) is 12.1 Å². The van der Waals surface area contributed by atoms with E-state index < -0.39 is 0 Å². The second-order valence-electron chi connectivity index (χ2n) is 3.32. The normalized spacial score (nSPS) is 17.1. The van der Waals surface area contributed by atoms with Crippen LogP contribution in [-0.4, -0.2) is 0 Å². The van der Waals surface area contributed by atoms with Crippen molar-refractivity contribution in [2.45, 2.75) is 18.3 Å². The van der Waals surface area contributed by atoms with E-state index in [4.69, 9.17) is 10.5 Å². The lowest BCUT2D eigenvalue weighted by Gasteiger charge is -2.04. The fourth-order valence-electron chi connectivity index (χ4n) is 1.40. The first-order valence-electron chi connectivity index (χ1n) is 4.14. The van der Waals surface area contributed by atoms with Crippen molar-refractivity contribution in [1.29, 1.82) is 10.5 Å². The van der Waals surface area contributed by atoms with Gasteiger partial charge in [0, 0.05) is 0 Å². The number of benzene rings is 1. The smallest absolute Gasteiger partial charge is 0.0991 e. The zero-order valence-electron chi connectivity index (χ0n) is 7.04. The van der Waals surface area contributed by atoms with Crippen molar-refractivity contribution in [3.05, 3.63) is 35.4 Å². The van der Waals surface area contributed by atoms with E-state index in [-0.39, 0.29) is 5.41 Å². The number of nitriles is 2. The summed E-state index contributed by atoms with van der Waals surface area (Å²) in [6, 6.07) is 12.5. The number of rotatable bonds is 1. The second kappa shape index (κ2) is 2.61. The van der Waals surface area contributed by atoms with E-state index in [9.17, 15) is 0 Å². The van der Waals surface area contributed by atoms with E-state index in [1.54, 1.807) is 18.2 Å².